The SMILES string of the molecule is CC1(O)C(O)C(COP(=O)(O)OP(=O)(O)OP(=O)(O)O)OC1n1cc(F)c(=S)[nH]c1=O. The fourth-order valence-corrected chi connectivity index (χ4v) is 5.65. The average molecular weight is 532 g/mol. The minimum Gasteiger partial charge on any atom is -0.387 e. The fraction of sp³-hybridized carbons (Fsp3) is 0.600. The third kappa shape index (κ3) is 6.66. The summed E-state index contributed by atoms with van der Waals surface area (Å²) in [6, 6.07) is 0. The predicted molar refractivity (Wildman–Crippen MR) is 96.2 cm³/mol. The molecule has 21 heteroatoms. The second-order valence-corrected chi connectivity index (χ2v) is 11.1. The number of hydrogen-bond donors (Lipinski definition) is 7. The van der Waals surface area contributed by atoms with Gasteiger partial charge >= 0.3 is 29.2 Å². The number of nitrogens with zero attached hydrogens (tertiary/aromatic N) is 1. The van der Waals surface area contributed by atoms with Crippen LogP contribution in [0.4, 0.5) is 4.39 Å². The lowest BCUT2D eigenvalue weighted by Gasteiger charge is -2.27. The second kappa shape index (κ2) is 8.93. The van der Waals surface area contributed by atoms with E-state index in [9.17, 15) is 38.0 Å². The molecule has 1 fully saturated rings. The molecule has 0 spiro atoms. The number of hydrogen-bond acceptors (Lipinski definition) is 11. The van der Waals surface area contributed by atoms with E-state index in [0.717, 1.165) is 6.92 Å². The average Bonchev–Trinajstić information content (AvgIpc) is 2.76. The number of aromatic nitrogens is 2. The van der Waals surface area contributed by atoms with Crippen molar-refractivity contribution in [3.63, 3.8) is 0 Å². The summed E-state index contributed by atoms with van der Waals surface area (Å²) < 4.78 is 63.9. The molecule has 0 aliphatic carbocycles. The Morgan fingerprint density at radius 2 is 1.84 bits per heavy atom. The lowest BCUT2D eigenvalue weighted by Crippen LogP contribution is -2.46. The maximum absolute atomic E-state index is 13.7. The highest BCUT2D eigenvalue weighted by atomic mass is 32.1. The zero-order valence-electron chi connectivity index (χ0n) is 15.0. The standard InChI is InChI=1S/C10H16FN2O14P3S/c1-10(16)6(14)5(25-8(10)13-2-4(11)7(31)12-9(13)15)3-24-29(20,21)27-30(22,23)26-28(17,18)19/h2,5-6,8,14,16H,3H2,1H3,(H,20,21)(H,22,23)(H,12,15,31)(H2,17,18,19). The maximum Gasteiger partial charge on any atom is 0.490 e. The van der Waals surface area contributed by atoms with Crippen LogP contribution in [0.25, 0.3) is 0 Å². The van der Waals surface area contributed by atoms with Gasteiger partial charge in [-0.1, -0.05) is 12.2 Å². The van der Waals surface area contributed by atoms with Crippen molar-refractivity contribution in [2.45, 2.75) is 31.0 Å². The number of rotatable bonds is 8. The molecule has 0 bridgehead atoms. The van der Waals surface area contributed by atoms with Crippen LogP contribution >= 0.6 is 35.7 Å². The van der Waals surface area contributed by atoms with E-state index < -0.39 is 70.3 Å². The topological polar surface area (TPSA) is 247 Å². The van der Waals surface area contributed by atoms with E-state index in [1.54, 1.807) is 0 Å². The number of aliphatic hydroxyl groups is 2. The molecule has 178 valence electrons. The van der Waals surface area contributed by atoms with Gasteiger partial charge in [-0.25, -0.2) is 22.9 Å². The molecule has 0 radical (unpaired) electrons. The van der Waals surface area contributed by atoms with Crippen molar-refractivity contribution in [1.29, 1.82) is 0 Å². The number of ether oxygens (including phenoxy) is 1. The van der Waals surface area contributed by atoms with E-state index in [4.69, 9.17) is 19.4 Å². The van der Waals surface area contributed by atoms with Crippen LogP contribution in [0.15, 0.2) is 11.0 Å². The van der Waals surface area contributed by atoms with Crippen LogP contribution < -0.4 is 5.69 Å². The molecule has 1 aliphatic heterocycles. The smallest absolute Gasteiger partial charge is 0.387 e. The van der Waals surface area contributed by atoms with Crippen molar-refractivity contribution in [3.8, 4) is 0 Å². The zero-order valence-corrected chi connectivity index (χ0v) is 18.5. The summed E-state index contributed by atoms with van der Waals surface area (Å²) in [6.45, 7) is -0.128. The summed E-state index contributed by atoms with van der Waals surface area (Å²) in [7, 11) is -16.9. The van der Waals surface area contributed by atoms with Crippen LogP contribution in [0.5, 0.6) is 0 Å². The Labute approximate surface area is 176 Å². The van der Waals surface area contributed by atoms with Crippen LogP contribution in [-0.4, -0.2) is 63.8 Å². The van der Waals surface area contributed by atoms with E-state index in [2.05, 4.69) is 25.4 Å². The van der Waals surface area contributed by atoms with E-state index in [-0.39, 0.29) is 0 Å². The predicted octanol–water partition coefficient (Wildman–Crippen LogP) is -0.602. The van der Waals surface area contributed by atoms with Gasteiger partial charge in [0.15, 0.2) is 12.0 Å². The van der Waals surface area contributed by atoms with Gasteiger partial charge in [0.05, 0.1) is 12.8 Å². The van der Waals surface area contributed by atoms with E-state index in [1.165, 1.54) is 0 Å². The second-order valence-electron chi connectivity index (χ2n) is 6.23. The van der Waals surface area contributed by atoms with Gasteiger partial charge in [-0.2, -0.15) is 8.62 Å². The maximum atomic E-state index is 13.7. The number of aliphatic hydroxyl groups excluding tert-OH is 1. The molecule has 1 aromatic rings. The van der Waals surface area contributed by atoms with E-state index in [1.807, 2.05) is 4.98 Å². The molecule has 6 unspecified atom stereocenters. The highest BCUT2D eigenvalue weighted by molar-refractivity contribution is 7.71. The van der Waals surface area contributed by atoms with Crippen LogP contribution in [0, 0.1) is 10.5 Å². The Kier molecular flexibility index (Phi) is 7.65. The monoisotopic (exact) mass is 532 g/mol. The summed E-state index contributed by atoms with van der Waals surface area (Å²) in [4.78, 5) is 49.4. The first kappa shape index (κ1) is 26.6. The van der Waals surface area contributed by atoms with E-state index in [0.29, 0.717) is 10.8 Å². The molecule has 1 aromatic heterocycles. The molecule has 1 saturated heterocycles. The van der Waals surface area contributed by atoms with Gasteiger partial charge in [-0.15, -0.1) is 0 Å². The van der Waals surface area contributed by atoms with Crippen molar-refractivity contribution >= 4 is 35.7 Å². The van der Waals surface area contributed by atoms with Crippen LogP contribution in [-0.2, 0) is 31.6 Å². The van der Waals surface area contributed by atoms with Gasteiger partial charge in [-0.05, 0) is 6.92 Å². The molecule has 16 nitrogen and oxygen atoms in total. The minimum atomic E-state index is -5.77. The van der Waals surface area contributed by atoms with Crippen molar-refractivity contribution in [3.05, 3.63) is 27.1 Å². The Morgan fingerprint density at radius 1 is 1.26 bits per heavy atom. The Bertz CT molecular complexity index is 1100. The fourth-order valence-electron chi connectivity index (χ4n) is 2.48. The summed E-state index contributed by atoms with van der Waals surface area (Å²) in [6.07, 6.45) is -4.76. The summed E-state index contributed by atoms with van der Waals surface area (Å²) >= 11 is 4.55. The molecule has 2 rings (SSSR count). The first-order valence-electron chi connectivity index (χ1n) is 7.70. The van der Waals surface area contributed by atoms with Crippen molar-refractivity contribution in [2.24, 2.45) is 0 Å². The largest absolute Gasteiger partial charge is 0.490 e. The highest BCUT2D eigenvalue weighted by Crippen LogP contribution is 2.66. The number of phosphoric ester groups is 1. The van der Waals surface area contributed by atoms with Gasteiger partial charge in [0.2, 0.25) is 0 Å². The molecule has 7 N–H and O–H groups in total. The third-order valence-corrected chi connectivity index (χ3v) is 7.85. The minimum absolute atomic E-state index is 0.513. The molecule has 1 aliphatic rings. The van der Waals surface area contributed by atoms with E-state index >= 15 is 0 Å². The molecular formula is C10H16FN2O14P3S. The summed E-state index contributed by atoms with van der Waals surface area (Å²) in [5.41, 5.74) is -3.31. The normalized spacial score (nSPS) is 30.6. The first-order chi connectivity index (χ1) is 13.8. The molecule has 6 atom stereocenters. The third-order valence-electron chi connectivity index (χ3n) is 3.75. The quantitative estimate of drug-likeness (QED) is 0.163. The van der Waals surface area contributed by atoms with Gasteiger partial charge in [-0.3, -0.25) is 14.1 Å². The van der Waals surface area contributed by atoms with Gasteiger partial charge in [0.1, 0.15) is 22.4 Å². The number of halogens is 1. The number of nitrogens with one attached hydrogen (secondary N) is 1. The first-order valence-corrected chi connectivity index (χ1v) is 12.6. The lowest BCUT2D eigenvalue weighted by molar-refractivity contribution is -0.0989. The molecule has 2 heterocycles. The van der Waals surface area contributed by atoms with Crippen molar-refractivity contribution in [1.82, 2.24) is 9.55 Å². The summed E-state index contributed by atoms with van der Waals surface area (Å²) in [5.74, 6) is -1.07. The highest BCUT2D eigenvalue weighted by Gasteiger charge is 2.54. The van der Waals surface area contributed by atoms with Gasteiger partial charge in [0, 0.05) is 0 Å². The van der Waals surface area contributed by atoms with Gasteiger partial charge < -0.3 is 34.5 Å². The number of phosphoric acid groups is 3. The van der Waals surface area contributed by atoms with Crippen LogP contribution in [0.1, 0.15) is 13.2 Å². The number of aromatic amines is 1. The Hall–Kier alpha value is -0.680. The van der Waals surface area contributed by atoms with Crippen molar-refractivity contribution in [2.75, 3.05) is 6.61 Å². The van der Waals surface area contributed by atoms with Gasteiger partial charge in [0.25, 0.3) is 0 Å². The molecule has 0 amide bonds. The lowest BCUT2D eigenvalue weighted by atomic mass is 9.96. The molecule has 0 saturated carbocycles. The summed E-state index contributed by atoms with van der Waals surface area (Å²) in [5, 5.41) is 20.7. The zero-order chi connectivity index (χ0) is 24.0. The van der Waals surface area contributed by atoms with Crippen molar-refractivity contribution < 1.29 is 65.8 Å². The Balaban J connectivity index is 2.17. The Morgan fingerprint density at radius 3 is 2.39 bits per heavy atom. The molecule has 0 aromatic carbocycles. The van der Waals surface area contributed by atoms with Crippen LogP contribution in [0.3, 0.4) is 0 Å². The molecular weight excluding hydrogens is 516 g/mol. The molecule has 31 heavy (non-hydrogen) atoms. The number of H-pyrrole nitrogens is 1. The van der Waals surface area contributed by atoms with Crippen LogP contribution in [0.2, 0.25) is 0 Å².